The summed E-state index contributed by atoms with van der Waals surface area (Å²) in [5.74, 6) is -0.319. The summed E-state index contributed by atoms with van der Waals surface area (Å²) >= 11 is 3.02. The number of hydrogen-bond acceptors (Lipinski definition) is 4. The van der Waals surface area contributed by atoms with Crippen molar-refractivity contribution in [3.8, 4) is 0 Å². The molecule has 15 heavy (non-hydrogen) atoms. The van der Waals surface area contributed by atoms with Crippen molar-refractivity contribution in [1.82, 2.24) is 0 Å². The molecule has 0 spiro atoms. The molecule has 0 aromatic heterocycles. The van der Waals surface area contributed by atoms with Crippen molar-refractivity contribution in [3.63, 3.8) is 0 Å². The maximum absolute atomic E-state index is 11.1. The highest BCUT2D eigenvalue weighted by Crippen LogP contribution is 2.25. The molecule has 2 N–H and O–H groups in total. The first-order valence-corrected chi connectivity index (χ1v) is 4.52. The molecule has 0 aliphatic carbocycles. The molecule has 0 aliphatic heterocycles. The Kier molecular flexibility index (Phi) is 5.41. The quantitative estimate of drug-likeness (QED) is 0.524. The number of nitrogens with zero attached hydrogens (tertiary/aromatic N) is 1. The maximum atomic E-state index is 11.1. The van der Waals surface area contributed by atoms with E-state index in [0.717, 1.165) is 0 Å². The van der Waals surface area contributed by atoms with Crippen LogP contribution in [0.5, 0.6) is 0 Å². The van der Waals surface area contributed by atoms with E-state index in [1.54, 1.807) is 0 Å². The molecule has 0 amide bonds. The van der Waals surface area contributed by atoms with Crippen LogP contribution in [-0.4, -0.2) is 17.3 Å². The van der Waals surface area contributed by atoms with Crippen molar-refractivity contribution in [2.24, 2.45) is 5.73 Å². The van der Waals surface area contributed by atoms with E-state index >= 15 is 0 Å². The molecule has 7 heteroatoms. The van der Waals surface area contributed by atoms with Gasteiger partial charge in [0.15, 0.2) is 5.78 Å². The number of nitro benzene ring substituents is 1. The minimum absolute atomic E-state index is 0. The maximum Gasteiger partial charge on any atom is 0.284 e. The first-order valence-electron chi connectivity index (χ1n) is 3.73. The molecule has 0 radical (unpaired) electrons. The predicted molar refractivity (Wildman–Crippen MR) is 61.4 cm³/mol. The summed E-state index contributed by atoms with van der Waals surface area (Å²) < 4.78 is 0.344. The van der Waals surface area contributed by atoms with Crippen LogP contribution in [0, 0.1) is 10.1 Å². The van der Waals surface area contributed by atoms with Gasteiger partial charge in [-0.05, 0) is 28.1 Å². The average molecular weight is 296 g/mol. The van der Waals surface area contributed by atoms with Gasteiger partial charge in [0.1, 0.15) is 0 Å². The van der Waals surface area contributed by atoms with Crippen molar-refractivity contribution in [2.45, 2.75) is 0 Å². The van der Waals surface area contributed by atoms with Crippen molar-refractivity contribution >= 4 is 39.8 Å². The smallest absolute Gasteiger partial charge is 0.284 e. The van der Waals surface area contributed by atoms with Crippen LogP contribution in [0.2, 0.25) is 0 Å². The molecule has 5 nitrogen and oxygen atoms in total. The molecular weight excluding hydrogens is 287 g/mol. The van der Waals surface area contributed by atoms with Gasteiger partial charge in [0, 0.05) is 11.6 Å². The van der Waals surface area contributed by atoms with E-state index in [0.29, 0.717) is 4.47 Å². The molecular formula is C8H8BrClN2O3. The van der Waals surface area contributed by atoms with Gasteiger partial charge in [0.25, 0.3) is 5.69 Å². The van der Waals surface area contributed by atoms with Crippen LogP contribution in [0.1, 0.15) is 10.4 Å². The zero-order chi connectivity index (χ0) is 10.7. The standard InChI is InChI=1S/C8H7BrN2O3.ClH/c9-6-2-1-5(8(12)4-10)3-7(6)11(13)14;/h1-3H,4,10H2;1H. The van der Waals surface area contributed by atoms with Crippen LogP contribution in [0.15, 0.2) is 22.7 Å². The average Bonchev–Trinajstić information content (AvgIpc) is 2.17. The van der Waals surface area contributed by atoms with Gasteiger partial charge in [-0.15, -0.1) is 12.4 Å². The van der Waals surface area contributed by atoms with Crippen LogP contribution < -0.4 is 5.73 Å². The van der Waals surface area contributed by atoms with E-state index < -0.39 is 4.92 Å². The molecule has 82 valence electrons. The number of rotatable bonds is 3. The van der Waals surface area contributed by atoms with Gasteiger partial charge in [-0.1, -0.05) is 0 Å². The summed E-state index contributed by atoms with van der Waals surface area (Å²) in [6, 6.07) is 4.16. The third-order valence-electron chi connectivity index (χ3n) is 1.65. The Labute approximate surface area is 100 Å². The van der Waals surface area contributed by atoms with Crippen LogP contribution in [0.25, 0.3) is 0 Å². The summed E-state index contributed by atoms with van der Waals surface area (Å²) in [6.45, 7) is -0.154. The second-order valence-corrected chi connectivity index (χ2v) is 3.40. The molecule has 0 bridgehead atoms. The molecule has 0 saturated carbocycles. The van der Waals surface area contributed by atoms with E-state index in [4.69, 9.17) is 5.73 Å². The largest absolute Gasteiger partial charge is 0.324 e. The molecule has 0 unspecified atom stereocenters. The minimum Gasteiger partial charge on any atom is -0.324 e. The fourth-order valence-electron chi connectivity index (χ4n) is 0.944. The van der Waals surface area contributed by atoms with Gasteiger partial charge in [-0.2, -0.15) is 0 Å². The molecule has 0 aliphatic rings. The first kappa shape index (κ1) is 14.0. The summed E-state index contributed by atoms with van der Waals surface area (Å²) in [5, 5.41) is 10.5. The molecule has 1 rings (SSSR count). The van der Waals surface area contributed by atoms with Crippen molar-refractivity contribution in [1.29, 1.82) is 0 Å². The van der Waals surface area contributed by atoms with E-state index in [1.807, 2.05) is 0 Å². The van der Waals surface area contributed by atoms with Gasteiger partial charge in [0.2, 0.25) is 0 Å². The van der Waals surface area contributed by atoms with E-state index in [1.165, 1.54) is 18.2 Å². The Balaban J connectivity index is 0.00000196. The molecule has 0 heterocycles. The molecule has 1 aromatic carbocycles. The number of hydrogen-bond donors (Lipinski definition) is 1. The van der Waals surface area contributed by atoms with Gasteiger partial charge in [0.05, 0.1) is 15.9 Å². The number of carbonyl (C=O) groups is 1. The topological polar surface area (TPSA) is 86.2 Å². The zero-order valence-electron chi connectivity index (χ0n) is 7.47. The lowest BCUT2D eigenvalue weighted by Crippen LogP contribution is -2.13. The number of ketones is 1. The SMILES string of the molecule is Cl.NCC(=O)c1ccc(Br)c([N+](=O)[O-])c1. The number of Topliss-reactive ketones (excluding diaryl/α,β-unsaturated/α-hetero) is 1. The first-order chi connectivity index (χ1) is 6.56. The summed E-state index contributed by atoms with van der Waals surface area (Å²) in [7, 11) is 0. The van der Waals surface area contributed by atoms with E-state index in [9.17, 15) is 14.9 Å². The Morgan fingerprint density at radius 3 is 2.60 bits per heavy atom. The van der Waals surface area contributed by atoms with Gasteiger partial charge >= 0.3 is 0 Å². The second-order valence-electron chi connectivity index (χ2n) is 2.55. The Bertz CT molecular complexity index is 397. The summed E-state index contributed by atoms with van der Waals surface area (Å²) in [6.07, 6.45) is 0. The van der Waals surface area contributed by atoms with E-state index in [2.05, 4.69) is 15.9 Å². The van der Waals surface area contributed by atoms with Gasteiger partial charge in [-0.3, -0.25) is 14.9 Å². The lowest BCUT2D eigenvalue weighted by molar-refractivity contribution is -0.385. The lowest BCUT2D eigenvalue weighted by atomic mass is 10.1. The number of nitro groups is 1. The third kappa shape index (κ3) is 3.26. The van der Waals surface area contributed by atoms with Crippen molar-refractivity contribution in [2.75, 3.05) is 6.54 Å². The Morgan fingerprint density at radius 1 is 1.53 bits per heavy atom. The van der Waals surface area contributed by atoms with Crippen molar-refractivity contribution in [3.05, 3.63) is 38.3 Å². The highest BCUT2D eigenvalue weighted by molar-refractivity contribution is 9.10. The predicted octanol–water partition coefficient (Wildman–Crippen LogP) is 1.92. The number of benzene rings is 1. The molecule has 0 fully saturated rings. The van der Waals surface area contributed by atoms with Crippen LogP contribution >= 0.6 is 28.3 Å². The van der Waals surface area contributed by atoms with Crippen LogP contribution in [0.4, 0.5) is 5.69 Å². The third-order valence-corrected chi connectivity index (χ3v) is 2.32. The summed E-state index contributed by atoms with van der Waals surface area (Å²) in [4.78, 5) is 21.1. The Morgan fingerprint density at radius 2 is 2.13 bits per heavy atom. The van der Waals surface area contributed by atoms with Crippen molar-refractivity contribution < 1.29 is 9.72 Å². The lowest BCUT2D eigenvalue weighted by Gasteiger charge is -1.99. The highest BCUT2D eigenvalue weighted by atomic mass is 79.9. The van der Waals surface area contributed by atoms with Crippen LogP contribution in [-0.2, 0) is 0 Å². The Hall–Kier alpha value is -0.980. The number of nitrogens with two attached hydrogens (primary N) is 1. The summed E-state index contributed by atoms with van der Waals surface area (Å²) in [5.41, 5.74) is 5.25. The van der Waals surface area contributed by atoms with E-state index in [-0.39, 0.29) is 36.0 Å². The second kappa shape index (κ2) is 5.79. The zero-order valence-corrected chi connectivity index (χ0v) is 9.88. The number of carbonyl (C=O) groups excluding carboxylic acids is 1. The van der Waals surface area contributed by atoms with Crippen LogP contribution in [0.3, 0.4) is 0 Å². The van der Waals surface area contributed by atoms with Gasteiger partial charge in [-0.25, -0.2) is 0 Å². The van der Waals surface area contributed by atoms with Gasteiger partial charge < -0.3 is 5.73 Å². The molecule has 0 atom stereocenters. The number of halogens is 2. The fraction of sp³-hybridized carbons (Fsp3) is 0.125. The minimum atomic E-state index is -0.558. The monoisotopic (exact) mass is 294 g/mol. The molecule has 0 saturated heterocycles. The molecule has 1 aromatic rings. The fourth-order valence-corrected chi connectivity index (χ4v) is 1.34. The normalized spacial score (nSPS) is 9.20. The highest BCUT2D eigenvalue weighted by Gasteiger charge is 2.14.